The molecule has 0 aliphatic carbocycles. The molecule has 0 fully saturated rings. The van der Waals surface area contributed by atoms with Crippen LogP contribution in [-0.4, -0.2) is 34.2 Å². The van der Waals surface area contributed by atoms with Gasteiger partial charge in [0.25, 0.3) is 0 Å². The summed E-state index contributed by atoms with van der Waals surface area (Å²) in [6.07, 6.45) is 3.22. The maximum absolute atomic E-state index is 5.36. The maximum Gasteiger partial charge on any atom is 0.197 e. The zero-order valence-corrected chi connectivity index (χ0v) is 10.5. The lowest BCUT2D eigenvalue weighted by molar-refractivity contribution is 0.397. The van der Waals surface area contributed by atoms with Crippen LogP contribution in [0.25, 0.3) is 22.7 Å². The van der Waals surface area contributed by atoms with E-state index in [0.29, 0.717) is 28.6 Å². The molecule has 2 aromatic heterocycles. The number of benzene rings is 1. The van der Waals surface area contributed by atoms with Crippen molar-refractivity contribution in [3.63, 3.8) is 0 Å². The van der Waals surface area contributed by atoms with Gasteiger partial charge >= 0.3 is 0 Å². The highest BCUT2D eigenvalue weighted by Gasteiger charge is 2.16. The average Bonchev–Trinajstić information content (AvgIpc) is 2.89. The molecule has 0 unspecified atom stereocenters. The highest BCUT2D eigenvalue weighted by molar-refractivity contribution is 5.78. The molecule has 0 atom stereocenters. The first-order valence-electron chi connectivity index (χ1n) is 5.71. The van der Waals surface area contributed by atoms with Crippen molar-refractivity contribution in [2.75, 3.05) is 14.2 Å². The second-order valence-corrected chi connectivity index (χ2v) is 3.85. The van der Waals surface area contributed by atoms with Crippen molar-refractivity contribution < 1.29 is 9.47 Å². The maximum atomic E-state index is 5.36. The fraction of sp³-hybridized carbons (Fsp3) is 0.154. The summed E-state index contributed by atoms with van der Waals surface area (Å²) in [6.45, 7) is 0. The topological polar surface area (TPSA) is 72.9 Å². The fourth-order valence-electron chi connectivity index (χ4n) is 1.95. The van der Waals surface area contributed by atoms with Crippen LogP contribution in [0.3, 0.4) is 0 Å². The van der Waals surface area contributed by atoms with Crippen LogP contribution in [0.5, 0.6) is 11.5 Å². The molecule has 0 radical (unpaired) electrons. The number of hydrogen-bond donors (Lipinski definition) is 1. The molecular formula is C13H12N4O2. The molecule has 0 bridgehead atoms. The van der Waals surface area contributed by atoms with Gasteiger partial charge in [-0.25, -0.2) is 15.0 Å². The Hall–Kier alpha value is -2.63. The van der Waals surface area contributed by atoms with Gasteiger partial charge in [-0.1, -0.05) is 6.07 Å². The van der Waals surface area contributed by atoms with Gasteiger partial charge in [-0.05, 0) is 12.1 Å². The molecular weight excluding hydrogens is 244 g/mol. The third-order valence-corrected chi connectivity index (χ3v) is 2.80. The number of rotatable bonds is 3. The number of nitrogens with zero attached hydrogens (tertiary/aromatic N) is 3. The van der Waals surface area contributed by atoms with Gasteiger partial charge in [0.15, 0.2) is 11.3 Å². The van der Waals surface area contributed by atoms with Gasteiger partial charge in [-0.3, -0.25) is 0 Å². The smallest absolute Gasteiger partial charge is 0.197 e. The van der Waals surface area contributed by atoms with E-state index in [9.17, 15) is 0 Å². The lowest BCUT2D eigenvalue weighted by Crippen LogP contribution is -1.94. The van der Waals surface area contributed by atoms with Gasteiger partial charge in [-0.15, -0.1) is 0 Å². The van der Waals surface area contributed by atoms with Gasteiger partial charge in [-0.2, -0.15) is 0 Å². The van der Waals surface area contributed by atoms with Crippen LogP contribution >= 0.6 is 0 Å². The summed E-state index contributed by atoms with van der Waals surface area (Å²) in [5, 5.41) is 0. The number of H-pyrrole nitrogens is 1. The number of hydrogen-bond acceptors (Lipinski definition) is 5. The zero-order valence-electron chi connectivity index (χ0n) is 10.5. The largest absolute Gasteiger partial charge is 0.496 e. The van der Waals surface area contributed by atoms with Crippen molar-refractivity contribution in [1.82, 2.24) is 19.9 Å². The number of fused-ring (bicyclic) bond motifs is 1. The quantitative estimate of drug-likeness (QED) is 0.776. The van der Waals surface area contributed by atoms with Crippen molar-refractivity contribution in [3.05, 3.63) is 30.6 Å². The molecule has 3 rings (SSSR count). The predicted octanol–water partition coefficient (Wildman–Crippen LogP) is 2.04. The van der Waals surface area contributed by atoms with Crippen molar-refractivity contribution in [3.8, 4) is 22.9 Å². The minimum atomic E-state index is 0.561. The van der Waals surface area contributed by atoms with E-state index in [0.717, 1.165) is 5.56 Å². The number of aromatic nitrogens is 4. The molecule has 1 N–H and O–H groups in total. The lowest BCUT2D eigenvalue weighted by Gasteiger charge is -2.10. The van der Waals surface area contributed by atoms with Gasteiger partial charge in [0.05, 0.1) is 14.2 Å². The van der Waals surface area contributed by atoms with E-state index >= 15 is 0 Å². The Bertz CT molecular complexity index is 668. The Kier molecular flexibility index (Phi) is 2.75. The first-order chi connectivity index (χ1) is 9.33. The Morgan fingerprint density at radius 3 is 2.32 bits per heavy atom. The average molecular weight is 256 g/mol. The molecule has 0 amide bonds. The molecule has 0 aliphatic rings. The summed E-state index contributed by atoms with van der Waals surface area (Å²) < 4.78 is 10.7. The molecule has 96 valence electrons. The van der Waals surface area contributed by atoms with Gasteiger partial charge in [0.2, 0.25) is 0 Å². The number of aromatic amines is 1. The van der Waals surface area contributed by atoms with E-state index in [1.54, 1.807) is 26.6 Å². The van der Waals surface area contributed by atoms with Crippen LogP contribution in [0.2, 0.25) is 0 Å². The first kappa shape index (κ1) is 11.5. The van der Waals surface area contributed by atoms with Crippen LogP contribution in [0.15, 0.2) is 30.6 Å². The summed E-state index contributed by atoms with van der Waals surface area (Å²) in [4.78, 5) is 15.9. The molecule has 3 aromatic rings. The molecule has 0 saturated carbocycles. The standard InChI is InChI=1S/C13H12N4O2/c1-18-8-4-3-5-9(19-2)10(8)11-16-12-13(17-11)15-7-6-14-12/h3-7H,1-2H3,(H,14,15,16,17). The molecule has 6 nitrogen and oxygen atoms in total. The van der Waals surface area contributed by atoms with E-state index < -0.39 is 0 Å². The minimum absolute atomic E-state index is 0.561. The van der Waals surface area contributed by atoms with E-state index in [1.807, 2.05) is 18.2 Å². The van der Waals surface area contributed by atoms with E-state index in [2.05, 4.69) is 19.9 Å². The highest BCUT2D eigenvalue weighted by Crippen LogP contribution is 2.36. The number of ether oxygens (including phenoxy) is 2. The van der Waals surface area contributed by atoms with Crippen LogP contribution in [0.1, 0.15) is 0 Å². The summed E-state index contributed by atoms with van der Waals surface area (Å²) >= 11 is 0. The van der Waals surface area contributed by atoms with E-state index in [1.165, 1.54) is 0 Å². The predicted molar refractivity (Wildman–Crippen MR) is 70.2 cm³/mol. The van der Waals surface area contributed by atoms with Gasteiger partial charge in [0, 0.05) is 12.4 Å². The number of nitrogens with one attached hydrogen (secondary N) is 1. The fourth-order valence-corrected chi connectivity index (χ4v) is 1.95. The van der Waals surface area contributed by atoms with Crippen molar-refractivity contribution in [1.29, 1.82) is 0 Å². The second kappa shape index (κ2) is 4.56. The Balaban J connectivity index is 2.25. The molecule has 6 heteroatoms. The van der Waals surface area contributed by atoms with E-state index in [-0.39, 0.29) is 0 Å². The van der Waals surface area contributed by atoms with E-state index in [4.69, 9.17) is 9.47 Å². The number of methoxy groups -OCH3 is 2. The molecule has 19 heavy (non-hydrogen) atoms. The molecule has 0 spiro atoms. The number of imidazole rings is 1. The molecule has 0 saturated heterocycles. The van der Waals surface area contributed by atoms with Gasteiger partial charge < -0.3 is 14.5 Å². The third kappa shape index (κ3) is 1.87. The van der Waals surface area contributed by atoms with Crippen molar-refractivity contribution in [2.45, 2.75) is 0 Å². The normalized spacial score (nSPS) is 10.6. The SMILES string of the molecule is COc1cccc(OC)c1-c1nc2nccnc2[nH]1. The third-order valence-electron chi connectivity index (χ3n) is 2.80. The summed E-state index contributed by atoms with van der Waals surface area (Å²) in [6, 6.07) is 5.57. The van der Waals surface area contributed by atoms with Crippen molar-refractivity contribution in [2.24, 2.45) is 0 Å². The lowest BCUT2D eigenvalue weighted by atomic mass is 10.1. The summed E-state index contributed by atoms with van der Waals surface area (Å²) in [5.41, 5.74) is 1.95. The van der Waals surface area contributed by atoms with Crippen LogP contribution in [0.4, 0.5) is 0 Å². The Morgan fingerprint density at radius 2 is 1.68 bits per heavy atom. The van der Waals surface area contributed by atoms with Crippen LogP contribution in [0, 0.1) is 0 Å². The minimum Gasteiger partial charge on any atom is -0.496 e. The molecule has 1 aromatic carbocycles. The molecule has 0 aliphatic heterocycles. The zero-order chi connectivity index (χ0) is 13.2. The Labute approximate surface area is 109 Å². The van der Waals surface area contributed by atoms with Crippen molar-refractivity contribution >= 4 is 11.3 Å². The highest BCUT2D eigenvalue weighted by atomic mass is 16.5. The van der Waals surface area contributed by atoms with Crippen LogP contribution < -0.4 is 9.47 Å². The monoisotopic (exact) mass is 256 g/mol. The molecule has 2 heterocycles. The Morgan fingerprint density at radius 1 is 1.00 bits per heavy atom. The summed E-state index contributed by atoms with van der Waals surface area (Å²) in [5.74, 6) is 1.98. The first-order valence-corrected chi connectivity index (χ1v) is 5.71. The summed E-state index contributed by atoms with van der Waals surface area (Å²) in [7, 11) is 3.22. The van der Waals surface area contributed by atoms with Crippen LogP contribution in [-0.2, 0) is 0 Å². The van der Waals surface area contributed by atoms with Gasteiger partial charge in [0.1, 0.15) is 22.9 Å². The second-order valence-electron chi connectivity index (χ2n) is 3.85.